The molecule has 2 aromatic carbocycles. The molecule has 1 aromatic heterocycles. The summed E-state index contributed by atoms with van der Waals surface area (Å²) in [6.45, 7) is 11.2. The van der Waals surface area contributed by atoms with E-state index in [2.05, 4.69) is 11.6 Å². The van der Waals surface area contributed by atoms with Crippen LogP contribution in [0, 0.1) is 20.8 Å². The van der Waals surface area contributed by atoms with E-state index in [1.807, 2.05) is 26.0 Å². The highest BCUT2D eigenvalue weighted by molar-refractivity contribution is 7.17. The average molecular weight is 533 g/mol. The van der Waals surface area contributed by atoms with Gasteiger partial charge in [0, 0.05) is 5.56 Å². The van der Waals surface area contributed by atoms with E-state index in [4.69, 9.17) is 9.47 Å². The van der Waals surface area contributed by atoms with E-state index < -0.39 is 23.7 Å². The number of amides is 1. The highest BCUT2D eigenvalue weighted by atomic mass is 32.1. The Bertz CT molecular complexity index is 1450. The van der Waals surface area contributed by atoms with Crippen LogP contribution in [-0.2, 0) is 14.3 Å². The summed E-state index contributed by atoms with van der Waals surface area (Å²) in [5, 5.41) is 11.6. The van der Waals surface area contributed by atoms with Gasteiger partial charge in [-0.3, -0.25) is 14.5 Å². The van der Waals surface area contributed by atoms with Crippen molar-refractivity contribution in [2.24, 2.45) is 0 Å². The van der Waals surface area contributed by atoms with Crippen molar-refractivity contribution < 1.29 is 29.0 Å². The Hall–Kier alpha value is -4.24. The molecule has 1 N–H and O–H groups in total. The number of aryl methyl sites for hydroxylation is 3. The Morgan fingerprint density at radius 3 is 2.50 bits per heavy atom. The molecule has 0 spiro atoms. The predicted molar refractivity (Wildman–Crippen MR) is 146 cm³/mol. The summed E-state index contributed by atoms with van der Waals surface area (Å²) in [7, 11) is 0. The SMILES string of the molecule is C=CCOc1ccc(C(O)=C2C(=O)C(=O)N(c3nc(C)c(C(=O)OCC)s3)C2c2ccc(C)cc2)cc1C. The molecule has 1 aliphatic heterocycles. The highest BCUT2D eigenvalue weighted by Gasteiger charge is 2.48. The number of aromatic nitrogens is 1. The fraction of sp³-hybridized carbons (Fsp3) is 0.241. The molecule has 8 nitrogen and oxygen atoms in total. The molecule has 1 amide bonds. The molecule has 1 unspecified atom stereocenters. The van der Waals surface area contributed by atoms with Gasteiger partial charge in [-0.05, 0) is 57.0 Å². The van der Waals surface area contributed by atoms with Crippen molar-refractivity contribution in [2.75, 3.05) is 18.1 Å². The molecule has 0 bridgehead atoms. The number of ether oxygens (including phenoxy) is 2. The lowest BCUT2D eigenvalue weighted by molar-refractivity contribution is -0.132. The zero-order valence-electron chi connectivity index (χ0n) is 21.6. The lowest BCUT2D eigenvalue weighted by Crippen LogP contribution is -2.29. The number of carbonyl (C=O) groups excluding carboxylic acids is 3. The topological polar surface area (TPSA) is 106 Å². The zero-order chi connectivity index (χ0) is 27.6. The molecular formula is C29H28N2O6S. The number of anilines is 1. The van der Waals surface area contributed by atoms with Gasteiger partial charge >= 0.3 is 11.9 Å². The molecule has 0 saturated carbocycles. The Kier molecular flexibility index (Phi) is 7.78. The number of esters is 1. The third kappa shape index (κ3) is 4.97. The highest BCUT2D eigenvalue weighted by Crippen LogP contribution is 2.44. The fourth-order valence-electron chi connectivity index (χ4n) is 4.23. The Morgan fingerprint density at radius 2 is 1.87 bits per heavy atom. The minimum atomic E-state index is -0.951. The Labute approximate surface area is 224 Å². The predicted octanol–water partition coefficient (Wildman–Crippen LogP) is 5.44. The lowest BCUT2D eigenvalue weighted by Gasteiger charge is -2.23. The molecule has 9 heteroatoms. The van der Waals surface area contributed by atoms with Crippen LogP contribution in [0.15, 0.2) is 60.7 Å². The maximum absolute atomic E-state index is 13.4. The van der Waals surface area contributed by atoms with Crippen molar-refractivity contribution in [3.8, 4) is 5.75 Å². The molecule has 3 aromatic rings. The number of aliphatic hydroxyl groups is 1. The number of carbonyl (C=O) groups is 3. The second-order valence-corrected chi connectivity index (χ2v) is 9.77. The standard InChI is InChI=1S/C29H28N2O6S/c1-6-14-37-21-13-12-20(15-17(21)4)24(32)22-23(19-10-8-16(3)9-11-19)31(27(34)25(22)33)29-30-18(5)26(38-29)28(35)36-7-2/h6,8-13,15,23,32H,1,7,14H2,2-5H3. The minimum Gasteiger partial charge on any atom is -0.507 e. The van der Waals surface area contributed by atoms with Gasteiger partial charge in [0.05, 0.1) is 23.9 Å². The molecule has 4 rings (SSSR count). The van der Waals surface area contributed by atoms with Crippen LogP contribution in [0.1, 0.15) is 50.6 Å². The summed E-state index contributed by atoms with van der Waals surface area (Å²) < 4.78 is 10.7. The Morgan fingerprint density at radius 1 is 1.16 bits per heavy atom. The van der Waals surface area contributed by atoms with Crippen molar-refractivity contribution in [3.05, 3.63) is 93.5 Å². The minimum absolute atomic E-state index is 0.0662. The van der Waals surface area contributed by atoms with Gasteiger partial charge < -0.3 is 14.6 Å². The maximum Gasteiger partial charge on any atom is 0.350 e. The third-order valence-corrected chi connectivity index (χ3v) is 7.23. The van der Waals surface area contributed by atoms with Crippen LogP contribution in [0.25, 0.3) is 5.76 Å². The summed E-state index contributed by atoms with van der Waals surface area (Å²) in [6, 6.07) is 11.4. The van der Waals surface area contributed by atoms with E-state index in [1.165, 1.54) is 4.90 Å². The molecule has 1 fully saturated rings. The van der Waals surface area contributed by atoms with Crippen molar-refractivity contribution in [1.29, 1.82) is 0 Å². The number of ketones is 1. The number of Topliss-reactive ketones (excluding diaryl/α,β-unsaturated/α-hetero) is 1. The van der Waals surface area contributed by atoms with Gasteiger partial charge in [-0.25, -0.2) is 9.78 Å². The monoisotopic (exact) mass is 532 g/mol. The fourth-order valence-corrected chi connectivity index (χ4v) is 5.22. The molecule has 196 valence electrons. The summed E-state index contributed by atoms with van der Waals surface area (Å²) in [5.74, 6) is -1.94. The van der Waals surface area contributed by atoms with Crippen LogP contribution < -0.4 is 9.64 Å². The first-order valence-corrected chi connectivity index (χ1v) is 12.9. The van der Waals surface area contributed by atoms with Gasteiger partial charge in [-0.2, -0.15) is 0 Å². The molecule has 38 heavy (non-hydrogen) atoms. The van der Waals surface area contributed by atoms with Crippen molar-refractivity contribution in [3.63, 3.8) is 0 Å². The molecule has 1 atom stereocenters. The van der Waals surface area contributed by atoms with E-state index in [9.17, 15) is 19.5 Å². The summed E-state index contributed by atoms with van der Waals surface area (Å²) in [6.07, 6.45) is 1.63. The van der Waals surface area contributed by atoms with Crippen molar-refractivity contribution in [1.82, 2.24) is 4.98 Å². The first-order chi connectivity index (χ1) is 18.2. The third-order valence-electron chi connectivity index (χ3n) is 6.09. The number of aliphatic hydroxyl groups excluding tert-OH is 1. The van der Waals surface area contributed by atoms with Crippen LogP contribution >= 0.6 is 11.3 Å². The molecule has 0 radical (unpaired) electrons. The van der Waals surface area contributed by atoms with Crippen LogP contribution in [0.4, 0.5) is 5.13 Å². The summed E-state index contributed by atoms with van der Waals surface area (Å²) >= 11 is 0.972. The lowest BCUT2D eigenvalue weighted by atomic mass is 9.94. The first-order valence-electron chi connectivity index (χ1n) is 12.0. The van der Waals surface area contributed by atoms with Gasteiger partial charge in [-0.15, -0.1) is 0 Å². The van der Waals surface area contributed by atoms with E-state index in [0.717, 1.165) is 22.5 Å². The van der Waals surface area contributed by atoms with Gasteiger partial charge in [0.25, 0.3) is 5.78 Å². The van der Waals surface area contributed by atoms with E-state index in [0.29, 0.717) is 29.2 Å². The largest absolute Gasteiger partial charge is 0.507 e. The molecule has 2 heterocycles. The van der Waals surface area contributed by atoms with Crippen LogP contribution in [0.5, 0.6) is 5.75 Å². The molecular weight excluding hydrogens is 504 g/mol. The zero-order valence-corrected chi connectivity index (χ0v) is 22.4. The smallest absolute Gasteiger partial charge is 0.350 e. The van der Waals surface area contributed by atoms with E-state index >= 15 is 0 Å². The van der Waals surface area contributed by atoms with Gasteiger partial charge in [-0.1, -0.05) is 53.8 Å². The average Bonchev–Trinajstić information content (AvgIpc) is 3.40. The number of benzene rings is 2. The maximum atomic E-state index is 13.4. The second kappa shape index (κ2) is 11.0. The van der Waals surface area contributed by atoms with Gasteiger partial charge in [0.2, 0.25) is 0 Å². The Balaban J connectivity index is 1.87. The molecule has 0 aliphatic carbocycles. The number of hydrogen-bond acceptors (Lipinski definition) is 8. The number of nitrogens with zero attached hydrogens (tertiary/aromatic N) is 2. The van der Waals surface area contributed by atoms with E-state index in [-0.39, 0.29) is 27.9 Å². The number of thiazole rings is 1. The van der Waals surface area contributed by atoms with Crippen LogP contribution in [0.3, 0.4) is 0 Å². The summed E-state index contributed by atoms with van der Waals surface area (Å²) in [4.78, 5) is 45.2. The molecule has 1 saturated heterocycles. The second-order valence-electron chi connectivity index (χ2n) is 8.79. The quantitative estimate of drug-likeness (QED) is 0.135. The van der Waals surface area contributed by atoms with Crippen molar-refractivity contribution in [2.45, 2.75) is 33.7 Å². The number of hydrogen-bond donors (Lipinski definition) is 1. The normalized spacial score (nSPS) is 16.5. The summed E-state index contributed by atoms with van der Waals surface area (Å²) in [5.41, 5.74) is 3.04. The van der Waals surface area contributed by atoms with Gasteiger partial charge in [0.1, 0.15) is 23.0 Å². The molecule has 1 aliphatic rings. The number of rotatable bonds is 8. The van der Waals surface area contributed by atoms with E-state index in [1.54, 1.807) is 50.3 Å². The van der Waals surface area contributed by atoms with Crippen LogP contribution in [-0.4, -0.2) is 41.0 Å². The van der Waals surface area contributed by atoms with Crippen molar-refractivity contribution >= 4 is 39.9 Å². The van der Waals surface area contributed by atoms with Crippen LogP contribution in [0.2, 0.25) is 0 Å². The van der Waals surface area contributed by atoms with Gasteiger partial charge in [0.15, 0.2) is 5.13 Å². The first kappa shape index (κ1) is 26.8.